The normalized spacial score (nSPS) is 21.5. The number of rotatable bonds is 5. The van der Waals surface area contributed by atoms with E-state index in [1.54, 1.807) is 0 Å². The second kappa shape index (κ2) is 7.85. The number of likely N-dealkylation sites (N-methyl/N-ethyl adjacent to an activating group) is 1. The van der Waals surface area contributed by atoms with Crippen LogP contribution < -0.4 is 15.2 Å². The zero-order valence-electron chi connectivity index (χ0n) is 14.3. The van der Waals surface area contributed by atoms with Crippen molar-refractivity contribution in [2.75, 3.05) is 39.3 Å². The fraction of sp³-hybridized carbons (Fsp3) is 0.611. The number of amides is 1. The first-order valence-electron chi connectivity index (χ1n) is 8.80. The van der Waals surface area contributed by atoms with Crippen molar-refractivity contribution in [3.8, 4) is 11.5 Å². The lowest BCUT2D eigenvalue weighted by molar-refractivity contribution is -0.134. The lowest BCUT2D eigenvalue weighted by Crippen LogP contribution is -2.49. The van der Waals surface area contributed by atoms with E-state index in [2.05, 4.69) is 4.90 Å². The summed E-state index contributed by atoms with van der Waals surface area (Å²) in [6.45, 7) is 5.97. The predicted octanol–water partition coefficient (Wildman–Crippen LogP) is 1.10. The number of fused-ring (bicyclic) bond motifs is 1. The van der Waals surface area contributed by atoms with Gasteiger partial charge in [-0.1, -0.05) is 12.1 Å². The molecule has 2 heterocycles. The van der Waals surface area contributed by atoms with Crippen LogP contribution in [0.25, 0.3) is 0 Å². The fourth-order valence-corrected chi connectivity index (χ4v) is 3.21. The maximum Gasteiger partial charge on any atom is 0.236 e. The van der Waals surface area contributed by atoms with Crippen LogP contribution in [0, 0.1) is 0 Å². The molecule has 0 aliphatic carbocycles. The fourth-order valence-electron chi connectivity index (χ4n) is 3.21. The number of hydrogen-bond donors (Lipinski definition) is 1. The number of carbonyl (C=O) groups is 1. The van der Waals surface area contributed by atoms with Crippen molar-refractivity contribution in [3.05, 3.63) is 24.3 Å². The van der Waals surface area contributed by atoms with E-state index in [0.717, 1.165) is 37.4 Å². The minimum absolute atomic E-state index is 0.126. The molecule has 2 aliphatic heterocycles. The summed E-state index contributed by atoms with van der Waals surface area (Å²) in [6.07, 6.45) is 1.81. The monoisotopic (exact) mass is 333 g/mol. The van der Waals surface area contributed by atoms with Crippen molar-refractivity contribution in [1.29, 1.82) is 0 Å². The average molecular weight is 333 g/mol. The lowest BCUT2D eigenvalue weighted by Gasteiger charge is -2.34. The SMILES string of the molecule is CCN(CC1COc2ccccc2O1)C(=O)CN1CCC(N)CC1. The van der Waals surface area contributed by atoms with Gasteiger partial charge in [-0.3, -0.25) is 9.69 Å². The largest absolute Gasteiger partial charge is 0.486 e. The van der Waals surface area contributed by atoms with Gasteiger partial charge in [-0.2, -0.15) is 0 Å². The molecule has 0 bridgehead atoms. The second-order valence-corrected chi connectivity index (χ2v) is 6.54. The van der Waals surface area contributed by atoms with Gasteiger partial charge in [0.2, 0.25) is 5.91 Å². The Labute approximate surface area is 143 Å². The predicted molar refractivity (Wildman–Crippen MR) is 92.3 cm³/mol. The van der Waals surface area contributed by atoms with E-state index in [-0.39, 0.29) is 18.1 Å². The molecule has 6 heteroatoms. The van der Waals surface area contributed by atoms with Crippen LogP contribution in [0.4, 0.5) is 0 Å². The molecule has 1 fully saturated rings. The quantitative estimate of drug-likeness (QED) is 0.874. The third-order valence-corrected chi connectivity index (χ3v) is 4.72. The molecule has 24 heavy (non-hydrogen) atoms. The summed E-state index contributed by atoms with van der Waals surface area (Å²) < 4.78 is 11.7. The maximum absolute atomic E-state index is 12.6. The Morgan fingerprint density at radius 3 is 2.71 bits per heavy atom. The standard InChI is InChI=1S/C18H27N3O3/c1-2-21(18(22)12-20-9-7-14(19)8-10-20)11-15-13-23-16-5-3-4-6-17(16)24-15/h3-6,14-15H,2,7-13,19H2,1H3. The maximum atomic E-state index is 12.6. The van der Waals surface area contributed by atoms with Crippen molar-refractivity contribution in [3.63, 3.8) is 0 Å². The molecular formula is C18H27N3O3. The highest BCUT2D eigenvalue weighted by Gasteiger charge is 2.26. The van der Waals surface area contributed by atoms with Gasteiger partial charge in [-0.05, 0) is 31.9 Å². The Balaban J connectivity index is 1.52. The van der Waals surface area contributed by atoms with Gasteiger partial charge in [0, 0.05) is 25.7 Å². The summed E-state index contributed by atoms with van der Waals surface area (Å²) in [5.41, 5.74) is 5.92. The Hall–Kier alpha value is -1.79. The van der Waals surface area contributed by atoms with Crippen molar-refractivity contribution < 1.29 is 14.3 Å². The summed E-state index contributed by atoms with van der Waals surface area (Å²) in [7, 11) is 0. The van der Waals surface area contributed by atoms with E-state index in [9.17, 15) is 4.79 Å². The number of nitrogens with zero attached hydrogens (tertiary/aromatic N) is 2. The number of likely N-dealkylation sites (tertiary alicyclic amines) is 1. The highest BCUT2D eigenvalue weighted by atomic mass is 16.6. The van der Waals surface area contributed by atoms with Crippen LogP contribution in [0.1, 0.15) is 19.8 Å². The molecule has 1 amide bonds. The zero-order chi connectivity index (χ0) is 16.9. The van der Waals surface area contributed by atoms with Crippen molar-refractivity contribution in [2.24, 2.45) is 5.73 Å². The van der Waals surface area contributed by atoms with Gasteiger partial charge < -0.3 is 20.1 Å². The number of benzene rings is 1. The topological polar surface area (TPSA) is 68.0 Å². The van der Waals surface area contributed by atoms with E-state index in [1.165, 1.54) is 0 Å². The molecule has 0 radical (unpaired) electrons. The number of nitrogens with two attached hydrogens (primary N) is 1. The first-order valence-corrected chi connectivity index (χ1v) is 8.80. The Morgan fingerprint density at radius 2 is 2.00 bits per heavy atom. The van der Waals surface area contributed by atoms with Gasteiger partial charge in [-0.25, -0.2) is 0 Å². The Morgan fingerprint density at radius 1 is 1.29 bits per heavy atom. The first-order chi connectivity index (χ1) is 11.7. The highest BCUT2D eigenvalue weighted by Crippen LogP contribution is 2.31. The molecule has 132 valence electrons. The van der Waals surface area contributed by atoms with Gasteiger partial charge in [0.15, 0.2) is 17.6 Å². The summed E-state index contributed by atoms with van der Waals surface area (Å²) in [6, 6.07) is 7.93. The molecule has 1 unspecified atom stereocenters. The summed E-state index contributed by atoms with van der Waals surface area (Å²) in [5, 5.41) is 0. The van der Waals surface area contributed by atoms with Crippen LogP contribution in [-0.4, -0.2) is 67.2 Å². The smallest absolute Gasteiger partial charge is 0.236 e. The number of ether oxygens (including phenoxy) is 2. The van der Waals surface area contributed by atoms with Gasteiger partial charge in [-0.15, -0.1) is 0 Å². The lowest BCUT2D eigenvalue weighted by atomic mass is 10.1. The first kappa shape index (κ1) is 17.0. The van der Waals surface area contributed by atoms with E-state index in [4.69, 9.17) is 15.2 Å². The Bertz CT molecular complexity index is 558. The molecule has 1 aromatic carbocycles. The van der Waals surface area contributed by atoms with E-state index in [0.29, 0.717) is 26.2 Å². The third-order valence-electron chi connectivity index (χ3n) is 4.72. The van der Waals surface area contributed by atoms with Gasteiger partial charge in [0.05, 0.1) is 13.1 Å². The third kappa shape index (κ3) is 4.19. The minimum Gasteiger partial charge on any atom is -0.486 e. The number of carbonyl (C=O) groups excluding carboxylic acids is 1. The zero-order valence-corrected chi connectivity index (χ0v) is 14.3. The summed E-state index contributed by atoms with van der Waals surface area (Å²) in [5.74, 6) is 1.67. The van der Waals surface area contributed by atoms with E-state index < -0.39 is 0 Å². The van der Waals surface area contributed by atoms with Crippen molar-refractivity contribution in [2.45, 2.75) is 31.9 Å². The Kier molecular flexibility index (Phi) is 5.58. The highest BCUT2D eigenvalue weighted by molar-refractivity contribution is 5.78. The van der Waals surface area contributed by atoms with Gasteiger partial charge >= 0.3 is 0 Å². The van der Waals surface area contributed by atoms with E-state index in [1.807, 2.05) is 36.1 Å². The van der Waals surface area contributed by atoms with Gasteiger partial charge in [0.1, 0.15) is 6.61 Å². The molecule has 2 N–H and O–H groups in total. The van der Waals surface area contributed by atoms with Crippen LogP contribution in [0.3, 0.4) is 0 Å². The molecule has 6 nitrogen and oxygen atoms in total. The molecular weight excluding hydrogens is 306 g/mol. The van der Waals surface area contributed by atoms with Crippen LogP contribution >= 0.6 is 0 Å². The molecule has 1 aromatic rings. The van der Waals surface area contributed by atoms with Gasteiger partial charge in [0.25, 0.3) is 0 Å². The summed E-state index contributed by atoms with van der Waals surface area (Å²) in [4.78, 5) is 16.7. The molecule has 1 saturated heterocycles. The van der Waals surface area contributed by atoms with Crippen LogP contribution in [0.5, 0.6) is 11.5 Å². The number of piperidine rings is 1. The van der Waals surface area contributed by atoms with E-state index >= 15 is 0 Å². The number of hydrogen-bond acceptors (Lipinski definition) is 5. The van der Waals surface area contributed by atoms with Crippen LogP contribution in [0.15, 0.2) is 24.3 Å². The summed E-state index contributed by atoms with van der Waals surface area (Å²) >= 11 is 0. The second-order valence-electron chi connectivity index (χ2n) is 6.54. The molecule has 0 saturated carbocycles. The molecule has 1 atom stereocenters. The molecule has 0 aromatic heterocycles. The number of para-hydroxylation sites is 2. The van der Waals surface area contributed by atoms with Crippen LogP contribution in [0.2, 0.25) is 0 Å². The molecule has 2 aliphatic rings. The van der Waals surface area contributed by atoms with Crippen molar-refractivity contribution in [1.82, 2.24) is 9.80 Å². The van der Waals surface area contributed by atoms with Crippen LogP contribution in [-0.2, 0) is 4.79 Å². The molecule has 0 spiro atoms. The average Bonchev–Trinajstić information content (AvgIpc) is 2.61. The minimum atomic E-state index is -0.126. The van der Waals surface area contributed by atoms with Crippen molar-refractivity contribution >= 4 is 5.91 Å². The molecule has 3 rings (SSSR count).